The number of halogens is 3. The molecule has 3 rings (SSSR count). The number of piperidine rings is 1. The minimum absolute atomic E-state index is 0.166. The predicted octanol–water partition coefficient (Wildman–Crippen LogP) is 4.34. The Morgan fingerprint density at radius 1 is 1.30 bits per heavy atom. The summed E-state index contributed by atoms with van der Waals surface area (Å²) in [7, 11) is 0.655. The van der Waals surface area contributed by atoms with Gasteiger partial charge in [0.05, 0.1) is 11.3 Å². The van der Waals surface area contributed by atoms with Gasteiger partial charge in [0.25, 0.3) is 0 Å². The Bertz CT molecular complexity index is 896. The summed E-state index contributed by atoms with van der Waals surface area (Å²) < 4.78 is 40.4. The highest BCUT2D eigenvalue weighted by molar-refractivity contribution is 6.48. The van der Waals surface area contributed by atoms with E-state index < -0.39 is 20.8 Å². The summed E-state index contributed by atoms with van der Waals surface area (Å²) in [5, 5.41) is 7.69. The Balaban J connectivity index is 1.99. The summed E-state index contributed by atoms with van der Waals surface area (Å²) in [5.41, 5.74) is -0.332. The van der Waals surface area contributed by atoms with Crippen LogP contribution in [0.2, 0.25) is 12.6 Å². The highest BCUT2D eigenvalue weighted by Crippen LogP contribution is 2.38. The van der Waals surface area contributed by atoms with E-state index in [2.05, 4.69) is 34.1 Å². The first-order valence-electron chi connectivity index (χ1n) is 10.1. The molecule has 0 atom stereocenters. The van der Waals surface area contributed by atoms with Gasteiger partial charge in [0.2, 0.25) is 9.04 Å². The van der Waals surface area contributed by atoms with Crippen LogP contribution in [0, 0.1) is 0 Å². The number of anilines is 2. The van der Waals surface area contributed by atoms with E-state index in [0.717, 1.165) is 31.6 Å². The molecule has 1 aliphatic rings. The van der Waals surface area contributed by atoms with Crippen LogP contribution in [-0.2, 0) is 0 Å². The normalized spacial score (nSPS) is 16.2. The van der Waals surface area contributed by atoms with Crippen LogP contribution in [0.5, 0.6) is 0 Å². The van der Waals surface area contributed by atoms with E-state index in [0.29, 0.717) is 29.2 Å². The van der Waals surface area contributed by atoms with Crippen LogP contribution in [0.4, 0.5) is 24.7 Å². The van der Waals surface area contributed by atoms with Gasteiger partial charge in [-0.1, -0.05) is 18.7 Å². The Labute approximate surface area is 176 Å². The lowest BCUT2D eigenvalue weighted by Crippen LogP contribution is -2.36. The fourth-order valence-electron chi connectivity index (χ4n) is 3.60. The van der Waals surface area contributed by atoms with E-state index in [1.54, 1.807) is 24.7 Å². The van der Waals surface area contributed by atoms with E-state index in [9.17, 15) is 18.0 Å². The van der Waals surface area contributed by atoms with Crippen molar-refractivity contribution < 1.29 is 18.0 Å². The van der Waals surface area contributed by atoms with Gasteiger partial charge in [-0.3, -0.25) is 0 Å². The molecule has 0 saturated carbocycles. The maximum atomic E-state index is 13.5. The fraction of sp³-hybridized carbons (Fsp3) is 0.476. The first-order chi connectivity index (χ1) is 14.1. The summed E-state index contributed by atoms with van der Waals surface area (Å²) in [6, 6.07) is 7.91. The molecule has 1 radical (unpaired) electrons. The number of allylic oxidation sites excluding steroid dienone is 1. The molecule has 163 valence electrons. The topological polar surface area (TPSA) is 60.4 Å². The zero-order valence-corrected chi connectivity index (χ0v) is 18.3. The number of rotatable bonds is 7. The van der Waals surface area contributed by atoms with Gasteiger partial charge < -0.3 is 20.3 Å². The van der Waals surface area contributed by atoms with E-state index in [1.165, 1.54) is 0 Å². The lowest BCUT2D eigenvalue weighted by Gasteiger charge is -2.30. The molecule has 1 fully saturated rings. The zero-order valence-electron chi connectivity index (χ0n) is 17.3. The minimum atomic E-state index is -4.57. The molecule has 1 aliphatic heterocycles. The van der Waals surface area contributed by atoms with Crippen LogP contribution < -0.4 is 10.6 Å². The van der Waals surface area contributed by atoms with Gasteiger partial charge in [-0.2, -0.15) is 13.2 Å². The molecule has 1 aromatic carbocycles. The predicted molar refractivity (Wildman–Crippen MR) is 118 cm³/mol. The molecule has 0 amide bonds. The second-order valence-corrected chi connectivity index (χ2v) is 9.84. The van der Waals surface area contributed by atoms with Crippen LogP contribution in [0.3, 0.4) is 0 Å². The molecule has 2 aromatic rings. The molecule has 0 aliphatic carbocycles. The van der Waals surface area contributed by atoms with Crippen molar-refractivity contribution in [3.8, 4) is 0 Å². The van der Waals surface area contributed by atoms with Gasteiger partial charge >= 0.3 is 6.18 Å². The molecular weight excluding hydrogens is 409 g/mol. The summed E-state index contributed by atoms with van der Waals surface area (Å²) in [4.78, 5) is 16.1. The molecule has 0 spiro atoms. The van der Waals surface area contributed by atoms with Gasteiger partial charge in [-0.05, 0) is 57.7 Å². The number of hydrogen-bond acceptors (Lipinski definition) is 5. The van der Waals surface area contributed by atoms with Crippen molar-refractivity contribution in [1.29, 1.82) is 0 Å². The minimum Gasteiger partial charge on any atom is -0.432 e. The van der Waals surface area contributed by atoms with Crippen LogP contribution in [0.1, 0.15) is 18.5 Å². The highest BCUT2D eigenvalue weighted by atomic mass is 28.3. The van der Waals surface area contributed by atoms with Gasteiger partial charge in [0.15, 0.2) is 0 Å². The Hall–Kier alpha value is -2.10. The van der Waals surface area contributed by atoms with E-state index in [-0.39, 0.29) is 11.7 Å². The molecular formula is C21H28F3N4OSi. The lowest BCUT2D eigenvalue weighted by molar-refractivity contribution is -0.0688. The van der Waals surface area contributed by atoms with Crippen molar-refractivity contribution in [3.63, 3.8) is 0 Å². The maximum absolute atomic E-state index is 13.5. The number of nitrogens with one attached hydrogen (secondary N) is 2. The average Bonchev–Trinajstić information content (AvgIpc) is 2.68. The second-order valence-electron chi connectivity index (χ2n) is 7.87. The Morgan fingerprint density at radius 2 is 2.00 bits per heavy atom. The lowest BCUT2D eigenvalue weighted by atomic mass is 10.0. The molecule has 5 nitrogen and oxygen atoms in total. The van der Waals surface area contributed by atoms with Crippen molar-refractivity contribution >= 4 is 36.9 Å². The smallest absolute Gasteiger partial charge is 0.417 e. The molecule has 9 heteroatoms. The number of aromatic nitrogens is 1. The Kier molecular flexibility index (Phi) is 7.05. The summed E-state index contributed by atoms with van der Waals surface area (Å²) in [6.45, 7) is 7.45. The summed E-state index contributed by atoms with van der Waals surface area (Å²) in [6.07, 6.45) is -2.62. The van der Waals surface area contributed by atoms with Crippen molar-refractivity contribution in [1.82, 2.24) is 9.88 Å². The third-order valence-electron chi connectivity index (χ3n) is 5.37. The standard InChI is InChI=1S/C21H28F3N4OSi/c1-14(21(22,23)24)20-16-5-4-6-18(26-15-7-10-28(2)11-8-15)17(16)13-19(27-20)25-9-12-30(3)29/h4-6,13,15,26,29H,1,7-12H2,2-3H3,(H,25,27). The number of likely N-dealkylation sites (tertiary alicyclic amines) is 1. The molecule has 0 unspecified atom stereocenters. The van der Waals surface area contributed by atoms with E-state index >= 15 is 0 Å². The molecule has 1 aromatic heterocycles. The van der Waals surface area contributed by atoms with Crippen LogP contribution in [0.25, 0.3) is 16.3 Å². The van der Waals surface area contributed by atoms with Crippen LogP contribution in [0.15, 0.2) is 30.8 Å². The van der Waals surface area contributed by atoms with Crippen molar-refractivity contribution in [2.75, 3.05) is 37.3 Å². The van der Waals surface area contributed by atoms with Gasteiger partial charge in [-0.15, -0.1) is 0 Å². The van der Waals surface area contributed by atoms with Crippen molar-refractivity contribution in [2.24, 2.45) is 0 Å². The van der Waals surface area contributed by atoms with Gasteiger partial charge in [0, 0.05) is 29.0 Å². The van der Waals surface area contributed by atoms with Gasteiger partial charge in [-0.25, -0.2) is 4.98 Å². The molecule has 2 heterocycles. The fourth-order valence-corrected chi connectivity index (χ4v) is 4.09. The van der Waals surface area contributed by atoms with Crippen molar-refractivity contribution in [2.45, 2.75) is 37.7 Å². The summed E-state index contributed by atoms with van der Waals surface area (Å²) in [5.74, 6) is 0.351. The van der Waals surface area contributed by atoms with Gasteiger partial charge in [0.1, 0.15) is 5.82 Å². The molecule has 0 bridgehead atoms. The number of hydrogen-bond donors (Lipinski definition) is 3. The van der Waals surface area contributed by atoms with Crippen LogP contribution >= 0.6 is 0 Å². The molecule has 1 saturated heterocycles. The number of nitrogens with zero attached hydrogens (tertiary/aromatic N) is 2. The third kappa shape index (κ3) is 5.53. The van der Waals surface area contributed by atoms with E-state index in [4.69, 9.17) is 0 Å². The number of pyridine rings is 1. The summed E-state index contributed by atoms with van der Waals surface area (Å²) >= 11 is 0. The number of alkyl halides is 3. The first kappa shape index (κ1) is 22.6. The highest BCUT2D eigenvalue weighted by Gasteiger charge is 2.35. The SMILES string of the molecule is C=C(c1nc(NCC[Si](C)O)cc2c(NC3CCN(C)CC3)cccc12)C(F)(F)F. The molecule has 3 N–H and O–H groups in total. The number of fused-ring (bicyclic) bond motifs is 1. The number of benzene rings is 1. The quantitative estimate of drug-likeness (QED) is 0.563. The zero-order chi connectivity index (χ0) is 21.9. The largest absolute Gasteiger partial charge is 0.432 e. The van der Waals surface area contributed by atoms with E-state index in [1.807, 2.05) is 6.07 Å². The Morgan fingerprint density at radius 3 is 2.63 bits per heavy atom. The van der Waals surface area contributed by atoms with Crippen LogP contribution in [-0.4, -0.2) is 62.6 Å². The average molecular weight is 438 g/mol. The molecule has 30 heavy (non-hydrogen) atoms. The van der Waals surface area contributed by atoms with Crippen molar-refractivity contribution in [3.05, 3.63) is 36.5 Å². The first-order valence-corrected chi connectivity index (χ1v) is 12.2. The maximum Gasteiger partial charge on any atom is 0.417 e. The third-order valence-corrected chi connectivity index (χ3v) is 6.35. The second kappa shape index (κ2) is 9.36. The monoisotopic (exact) mass is 437 g/mol.